The van der Waals surface area contributed by atoms with E-state index in [1.807, 2.05) is 0 Å². The van der Waals surface area contributed by atoms with E-state index in [9.17, 15) is 4.79 Å². The lowest BCUT2D eigenvalue weighted by atomic mass is 10.0. The van der Waals surface area contributed by atoms with Crippen molar-refractivity contribution in [3.05, 3.63) is 0 Å². The van der Waals surface area contributed by atoms with Gasteiger partial charge in [0.15, 0.2) is 0 Å². The van der Waals surface area contributed by atoms with Crippen LogP contribution in [-0.2, 0) is 9.53 Å². The van der Waals surface area contributed by atoms with Crippen molar-refractivity contribution in [2.75, 3.05) is 0 Å². The highest BCUT2D eigenvalue weighted by Gasteiger charge is 2.13. The third-order valence-corrected chi connectivity index (χ3v) is 4.02. The first-order valence-corrected chi connectivity index (χ1v) is 9.44. The molecular formula is C19H38O2. The first kappa shape index (κ1) is 20.5. The van der Waals surface area contributed by atoms with E-state index in [2.05, 4.69) is 20.8 Å². The molecule has 0 rings (SSSR count). The van der Waals surface area contributed by atoms with Crippen molar-refractivity contribution < 1.29 is 9.53 Å². The second kappa shape index (κ2) is 15.9. The molecule has 0 aliphatic rings. The number of rotatable bonds is 15. The lowest BCUT2D eigenvalue weighted by Crippen LogP contribution is -2.18. The lowest BCUT2D eigenvalue weighted by Gasteiger charge is -2.17. The van der Waals surface area contributed by atoms with E-state index in [1.165, 1.54) is 44.9 Å². The van der Waals surface area contributed by atoms with Gasteiger partial charge in [0.2, 0.25) is 0 Å². The summed E-state index contributed by atoms with van der Waals surface area (Å²) in [5, 5.41) is 0. The number of hydrogen-bond donors (Lipinski definition) is 0. The van der Waals surface area contributed by atoms with Gasteiger partial charge in [-0.25, -0.2) is 0 Å². The van der Waals surface area contributed by atoms with E-state index in [-0.39, 0.29) is 12.1 Å². The minimum absolute atomic E-state index is 0.0184. The Labute approximate surface area is 133 Å². The van der Waals surface area contributed by atoms with Crippen LogP contribution in [-0.4, -0.2) is 12.1 Å². The van der Waals surface area contributed by atoms with Gasteiger partial charge in [-0.1, -0.05) is 78.6 Å². The molecule has 1 atom stereocenters. The van der Waals surface area contributed by atoms with Crippen molar-refractivity contribution in [3.8, 4) is 0 Å². The molecule has 0 aromatic carbocycles. The quantitative estimate of drug-likeness (QED) is 0.257. The zero-order chi connectivity index (χ0) is 15.8. The molecule has 0 heterocycles. The molecule has 0 spiro atoms. The highest BCUT2D eigenvalue weighted by atomic mass is 16.5. The molecule has 0 saturated heterocycles. The Hall–Kier alpha value is -0.530. The van der Waals surface area contributed by atoms with Crippen LogP contribution >= 0.6 is 0 Å². The molecule has 0 radical (unpaired) electrons. The average Bonchev–Trinajstić information content (AvgIpc) is 2.46. The number of esters is 1. The van der Waals surface area contributed by atoms with Gasteiger partial charge in [-0.05, 0) is 25.7 Å². The van der Waals surface area contributed by atoms with Crippen LogP contribution in [0.25, 0.3) is 0 Å². The molecule has 21 heavy (non-hydrogen) atoms. The van der Waals surface area contributed by atoms with Gasteiger partial charge < -0.3 is 4.74 Å². The minimum Gasteiger partial charge on any atom is -0.462 e. The van der Waals surface area contributed by atoms with Gasteiger partial charge in [0, 0.05) is 6.42 Å². The van der Waals surface area contributed by atoms with Crippen LogP contribution in [0, 0.1) is 0 Å². The Balaban J connectivity index is 3.68. The number of hydrogen-bond acceptors (Lipinski definition) is 2. The van der Waals surface area contributed by atoms with E-state index in [0.29, 0.717) is 6.42 Å². The van der Waals surface area contributed by atoms with Crippen LogP contribution in [0.1, 0.15) is 111 Å². The average molecular weight is 299 g/mol. The topological polar surface area (TPSA) is 26.3 Å². The van der Waals surface area contributed by atoms with E-state index in [4.69, 9.17) is 4.74 Å². The molecule has 0 aliphatic carbocycles. The lowest BCUT2D eigenvalue weighted by molar-refractivity contribution is -0.150. The normalized spacial score (nSPS) is 12.3. The maximum Gasteiger partial charge on any atom is 0.306 e. The van der Waals surface area contributed by atoms with Crippen molar-refractivity contribution in [2.45, 2.75) is 117 Å². The molecule has 0 aromatic rings. The van der Waals surface area contributed by atoms with Gasteiger partial charge in [-0.3, -0.25) is 4.79 Å². The van der Waals surface area contributed by atoms with Gasteiger partial charge in [0.25, 0.3) is 0 Å². The Bertz CT molecular complexity index is 226. The summed E-state index contributed by atoms with van der Waals surface area (Å²) in [5.74, 6) is 0.0184. The molecule has 2 heteroatoms. The molecule has 0 fully saturated rings. The first-order chi connectivity index (χ1) is 10.2. The van der Waals surface area contributed by atoms with E-state index in [0.717, 1.165) is 38.5 Å². The first-order valence-electron chi connectivity index (χ1n) is 9.44. The van der Waals surface area contributed by atoms with Gasteiger partial charge in [0.05, 0.1) is 0 Å². The number of carbonyl (C=O) groups excluding carboxylic acids is 1. The summed E-state index contributed by atoms with van der Waals surface area (Å²) in [4.78, 5) is 11.8. The molecule has 126 valence electrons. The standard InChI is InChI=1S/C19H38O2/c1-4-7-9-10-11-12-14-16-18(15-6-3)21-19(20)17-13-8-5-2/h18H,4-17H2,1-3H3. The summed E-state index contributed by atoms with van der Waals surface area (Å²) in [6, 6.07) is 0. The van der Waals surface area contributed by atoms with Crippen molar-refractivity contribution in [1.82, 2.24) is 0 Å². The van der Waals surface area contributed by atoms with Crippen molar-refractivity contribution in [2.24, 2.45) is 0 Å². The third kappa shape index (κ3) is 14.2. The maximum absolute atomic E-state index is 11.8. The summed E-state index contributed by atoms with van der Waals surface area (Å²) in [7, 11) is 0. The maximum atomic E-state index is 11.8. The smallest absolute Gasteiger partial charge is 0.306 e. The molecule has 0 aliphatic heterocycles. The fourth-order valence-corrected chi connectivity index (χ4v) is 2.68. The molecule has 0 N–H and O–H groups in total. The van der Waals surface area contributed by atoms with Gasteiger partial charge >= 0.3 is 5.97 Å². The summed E-state index contributed by atoms with van der Waals surface area (Å²) < 4.78 is 5.64. The zero-order valence-corrected chi connectivity index (χ0v) is 14.8. The number of carbonyl (C=O) groups is 1. The molecule has 0 saturated carbocycles. The highest BCUT2D eigenvalue weighted by Crippen LogP contribution is 2.15. The minimum atomic E-state index is 0.0184. The monoisotopic (exact) mass is 298 g/mol. The van der Waals surface area contributed by atoms with Crippen LogP contribution in [0.15, 0.2) is 0 Å². The predicted molar refractivity (Wildman–Crippen MR) is 91.5 cm³/mol. The van der Waals surface area contributed by atoms with E-state index >= 15 is 0 Å². The molecule has 1 unspecified atom stereocenters. The summed E-state index contributed by atoms with van der Waals surface area (Å²) in [6.45, 7) is 6.58. The summed E-state index contributed by atoms with van der Waals surface area (Å²) in [6.07, 6.45) is 16.5. The molecule has 0 aromatic heterocycles. The van der Waals surface area contributed by atoms with Crippen LogP contribution < -0.4 is 0 Å². The fraction of sp³-hybridized carbons (Fsp3) is 0.947. The van der Waals surface area contributed by atoms with E-state index < -0.39 is 0 Å². The van der Waals surface area contributed by atoms with Crippen molar-refractivity contribution in [3.63, 3.8) is 0 Å². The number of ether oxygens (including phenoxy) is 1. The third-order valence-electron chi connectivity index (χ3n) is 4.02. The van der Waals surface area contributed by atoms with Crippen LogP contribution in [0.2, 0.25) is 0 Å². The molecular weight excluding hydrogens is 260 g/mol. The Morgan fingerprint density at radius 1 is 0.714 bits per heavy atom. The Kier molecular flexibility index (Phi) is 15.5. The van der Waals surface area contributed by atoms with Gasteiger partial charge in [-0.15, -0.1) is 0 Å². The Morgan fingerprint density at radius 3 is 1.90 bits per heavy atom. The van der Waals surface area contributed by atoms with Gasteiger partial charge in [-0.2, -0.15) is 0 Å². The second-order valence-corrected chi connectivity index (χ2v) is 6.27. The summed E-state index contributed by atoms with van der Waals surface area (Å²) in [5.41, 5.74) is 0. The van der Waals surface area contributed by atoms with Crippen LogP contribution in [0.3, 0.4) is 0 Å². The SMILES string of the molecule is CCCCCCCCCC(CCC)OC(=O)CCCCC. The molecule has 0 bridgehead atoms. The fourth-order valence-electron chi connectivity index (χ4n) is 2.68. The molecule has 2 nitrogen and oxygen atoms in total. The summed E-state index contributed by atoms with van der Waals surface area (Å²) >= 11 is 0. The zero-order valence-electron chi connectivity index (χ0n) is 14.8. The largest absolute Gasteiger partial charge is 0.462 e. The Morgan fingerprint density at radius 2 is 1.29 bits per heavy atom. The van der Waals surface area contributed by atoms with E-state index in [1.54, 1.807) is 0 Å². The van der Waals surface area contributed by atoms with Crippen LogP contribution in [0.5, 0.6) is 0 Å². The van der Waals surface area contributed by atoms with Crippen molar-refractivity contribution >= 4 is 5.97 Å². The van der Waals surface area contributed by atoms with Crippen LogP contribution in [0.4, 0.5) is 0 Å². The van der Waals surface area contributed by atoms with Crippen molar-refractivity contribution in [1.29, 1.82) is 0 Å². The highest BCUT2D eigenvalue weighted by molar-refractivity contribution is 5.69. The second-order valence-electron chi connectivity index (χ2n) is 6.27. The predicted octanol–water partition coefficient (Wildman–Crippen LogP) is 6.42. The number of unbranched alkanes of at least 4 members (excludes halogenated alkanes) is 8. The van der Waals surface area contributed by atoms with Gasteiger partial charge in [0.1, 0.15) is 6.10 Å². The molecule has 0 amide bonds.